The summed E-state index contributed by atoms with van der Waals surface area (Å²) in [5, 5.41) is 0. The molecular weight excluding hydrogens is 244 g/mol. The third kappa shape index (κ3) is 3.02. The smallest absolute Gasteiger partial charge is 0.349 e. The van der Waals surface area contributed by atoms with Crippen LogP contribution in [0.1, 0.15) is 24.2 Å². The lowest BCUT2D eigenvalue weighted by Crippen LogP contribution is -2.34. The zero-order valence-corrected chi connectivity index (χ0v) is 10.2. The summed E-state index contributed by atoms with van der Waals surface area (Å²) in [6.07, 6.45) is -0.633. The fourth-order valence-electron chi connectivity index (χ4n) is 1.53. The van der Waals surface area contributed by atoms with Gasteiger partial charge in [-0.15, -0.1) is 0 Å². The van der Waals surface area contributed by atoms with Crippen molar-refractivity contribution in [3.05, 3.63) is 35.4 Å². The lowest BCUT2D eigenvalue weighted by Gasteiger charge is -2.20. The number of halogens is 2. The van der Waals surface area contributed by atoms with Crippen LogP contribution in [0.25, 0.3) is 0 Å². The summed E-state index contributed by atoms with van der Waals surface area (Å²) in [6, 6.07) is 5.63. The molecule has 0 saturated carbocycles. The van der Waals surface area contributed by atoms with E-state index in [1.807, 2.05) is 0 Å². The van der Waals surface area contributed by atoms with Crippen LogP contribution in [0.15, 0.2) is 24.3 Å². The summed E-state index contributed by atoms with van der Waals surface area (Å²) in [5.74, 6) is -5.41. The van der Waals surface area contributed by atoms with Crippen molar-refractivity contribution in [2.24, 2.45) is 5.73 Å². The second kappa shape index (κ2) is 5.88. The summed E-state index contributed by atoms with van der Waals surface area (Å²) < 4.78 is 37.2. The molecule has 0 aliphatic carbocycles. The highest BCUT2D eigenvalue weighted by Gasteiger charge is 2.41. The minimum absolute atomic E-state index is 0.0301. The molecular formula is C12H15F2NO3. The zero-order valence-electron chi connectivity index (χ0n) is 10.2. The van der Waals surface area contributed by atoms with Crippen LogP contribution in [0, 0.1) is 0 Å². The molecule has 1 atom stereocenters. The highest BCUT2D eigenvalue weighted by atomic mass is 19.3. The average molecular weight is 259 g/mol. The van der Waals surface area contributed by atoms with E-state index in [2.05, 4.69) is 0 Å². The van der Waals surface area contributed by atoms with Gasteiger partial charge >= 0.3 is 5.92 Å². The van der Waals surface area contributed by atoms with Gasteiger partial charge in [0.25, 0.3) is 5.91 Å². The van der Waals surface area contributed by atoms with Crippen LogP contribution < -0.4 is 5.73 Å². The summed E-state index contributed by atoms with van der Waals surface area (Å²) in [6.45, 7) is 1.56. The van der Waals surface area contributed by atoms with E-state index in [1.165, 1.54) is 19.2 Å². The van der Waals surface area contributed by atoms with Gasteiger partial charge in [-0.1, -0.05) is 24.3 Å². The zero-order chi connectivity index (χ0) is 13.8. The number of rotatable bonds is 6. The van der Waals surface area contributed by atoms with Gasteiger partial charge in [0.1, 0.15) is 6.79 Å². The molecule has 0 spiro atoms. The molecule has 0 aliphatic rings. The number of carbonyl (C=O) groups is 1. The Kier molecular flexibility index (Phi) is 4.75. The Morgan fingerprint density at radius 1 is 1.44 bits per heavy atom. The molecule has 0 radical (unpaired) electrons. The van der Waals surface area contributed by atoms with E-state index in [9.17, 15) is 13.6 Å². The van der Waals surface area contributed by atoms with Gasteiger partial charge in [-0.2, -0.15) is 8.78 Å². The largest absolute Gasteiger partial charge is 0.364 e. The quantitative estimate of drug-likeness (QED) is 0.794. The minimum Gasteiger partial charge on any atom is -0.364 e. The fourth-order valence-corrected chi connectivity index (χ4v) is 1.53. The minimum atomic E-state index is -3.72. The van der Waals surface area contributed by atoms with Crippen LogP contribution in [0.5, 0.6) is 0 Å². The third-order valence-corrected chi connectivity index (χ3v) is 2.48. The molecule has 1 amide bonds. The molecule has 1 unspecified atom stereocenters. The van der Waals surface area contributed by atoms with Crippen molar-refractivity contribution >= 4 is 5.91 Å². The molecule has 1 aromatic rings. The van der Waals surface area contributed by atoms with Gasteiger partial charge in [0, 0.05) is 12.7 Å². The van der Waals surface area contributed by atoms with Crippen LogP contribution in [0.3, 0.4) is 0 Å². The van der Waals surface area contributed by atoms with Crippen LogP contribution in [0.4, 0.5) is 8.78 Å². The van der Waals surface area contributed by atoms with Gasteiger partial charge in [-0.25, -0.2) is 0 Å². The molecule has 0 heterocycles. The Bertz CT molecular complexity index is 424. The fraction of sp³-hybridized carbons (Fsp3) is 0.417. The molecule has 6 heteroatoms. The molecule has 1 rings (SSSR count). The second-order valence-electron chi connectivity index (χ2n) is 3.74. The van der Waals surface area contributed by atoms with Crippen molar-refractivity contribution in [3.63, 3.8) is 0 Å². The first-order valence-electron chi connectivity index (χ1n) is 5.29. The van der Waals surface area contributed by atoms with E-state index >= 15 is 0 Å². The van der Waals surface area contributed by atoms with Crippen LogP contribution >= 0.6 is 0 Å². The molecule has 100 valence electrons. The van der Waals surface area contributed by atoms with Gasteiger partial charge < -0.3 is 15.2 Å². The van der Waals surface area contributed by atoms with Gasteiger partial charge in [0.2, 0.25) is 0 Å². The highest BCUT2D eigenvalue weighted by Crippen LogP contribution is 2.34. The van der Waals surface area contributed by atoms with Gasteiger partial charge in [0.15, 0.2) is 0 Å². The molecule has 1 aromatic carbocycles. The number of methoxy groups -OCH3 is 1. The maximum absolute atomic E-state index is 13.7. The van der Waals surface area contributed by atoms with Crippen LogP contribution in [-0.4, -0.2) is 19.8 Å². The van der Waals surface area contributed by atoms with Crippen molar-refractivity contribution in [1.29, 1.82) is 0 Å². The molecule has 0 aromatic heterocycles. The molecule has 0 aliphatic heterocycles. The summed E-state index contributed by atoms with van der Waals surface area (Å²) in [5.41, 5.74) is 4.48. The third-order valence-electron chi connectivity index (χ3n) is 2.48. The molecule has 18 heavy (non-hydrogen) atoms. The van der Waals surface area contributed by atoms with E-state index in [0.717, 1.165) is 6.07 Å². The molecule has 2 N–H and O–H groups in total. The number of hydrogen-bond donors (Lipinski definition) is 1. The number of amides is 1. The predicted octanol–water partition coefficient (Wildman–Crippen LogP) is 1.95. The summed E-state index contributed by atoms with van der Waals surface area (Å²) in [7, 11) is 1.43. The molecule has 0 saturated heterocycles. The van der Waals surface area contributed by atoms with E-state index in [1.54, 1.807) is 13.0 Å². The summed E-state index contributed by atoms with van der Waals surface area (Å²) in [4.78, 5) is 10.8. The maximum atomic E-state index is 13.7. The van der Waals surface area contributed by atoms with Crippen molar-refractivity contribution in [1.82, 2.24) is 0 Å². The number of benzene rings is 1. The first kappa shape index (κ1) is 14.5. The van der Waals surface area contributed by atoms with Gasteiger partial charge in [-0.3, -0.25) is 4.79 Å². The summed E-state index contributed by atoms with van der Waals surface area (Å²) >= 11 is 0. The van der Waals surface area contributed by atoms with E-state index < -0.39 is 23.5 Å². The first-order chi connectivity index (χ1) is 8.41. The number of carbonyl (C=O) groups excluding carboxylic acids is 1. The second-order valence-corrected chi connectivity index (χ2v) is 3.74. The lowest BCUT2D eigenvalue weighted by molar-refractivity contribution is -0.143. The predicted molar refractivity (Wildman–Crippen MR) is 60.9 cm³/mol. The lowest BCUT2D eigenvalue weighted by atomic mass is 9.97. The standard InChI is InChI=1S/C12H15F2NO3/c1-8(18-7-17-2)9-5-3-4-6-10(9)12(13,14)11(15)16/h3-6,8H,7H2,1-2H3,(H2,15,16). The van der Waals surface area contributed by atoms with E-state index in [-0.39, 0.29) is 12.4 Å². The van der Waals surface area contributed by atoms with Gasteiger partial charge in [0.05, 0.1) is 6.10 Å². The maximum Gasteiger partial charge on any atom is 0.349 e. The Balaban J connectivity index is 3.10. The van der Waals surface area contributed by atoms with Crippen LogP contribution in [0.2, 0.25) is 0 Å². The van der Waals surface area contributed by atoms with Crippen molar-refractivity contribution < 1.29 is 23.0 Å². The Hall–Kier alpha value is -1.53. The Labute approximate surface area is 104 Å². The number of nitrogens with two attached hydrogens (primary N) is 1. The van der Waals surface area contributed by atoms with E-state index in [0.29, 0.717) is 0 Å². The van der Waals surface area contributed by atoms with Gasteiger partial charge in [-0.05, 0) is 12.5 Å². The van der Waals surface area contributed by atoms with Crippen LogP contribution in [-0.2, 0) is 20.2 Å². The molecule has 4 nitrogen and oxygen atoms in total. The topological polar surface area (TPSA) is 61.6 Å². The van der Waals surface area contributed by atoms with E-state index in [4.69, 9.17) is 15.2 Å². The SMILES string of the molecule is COCOC(C)c1ccccc1C(F)(F)C(N)=O. The number of hydrogen-bond acceptors (Lipinski definition) is 3. The number of alkyl halides is 2. The van der Waals surface area contributed by atoms with Crippen molar-refractivity contribution in [2.75, 3.05) is 13.9 Å². The number of ether oxygens (including phenoxy) is 2. The monoisotopic (exact) mass is 259 g/mol. The Morgan fingerprint density at radius 3 is 2.61 bits per heavy atom. The molecule has 0 fully saturated rings. The highest BCUT2D eigenvalue weighted by molar-refractivity contribution is 5.83. The van der Waals surface area contributed by atoms with Crippen molar-refractivity contribution in [2.45, 2.75) is 19.0 Å². The normalized spacial score (nSPS) is 13.3. The Morgan fingerprint density at radius 2 is 2.06 bits per heavy atom. The average Bonchev–Trinajstić information content (AvgIpc) is 2.35. The molecule has 0 bridgehead atoms. The first-order valence-corrected chi connectivity index (χ1v) is 5.29. The number of primary amides is 1. The van der Waals surface area contributed by atoms with Crippen molar-refractivity contribution in [3.8, 4) is 0 Å².